The maximum absolute atomic E-state index is 5.66. The summed E-state index contributed by atoms with van der Waals surface area (Å²) in [6.45, 7) is 4.72. The fourth-order valence-electron chi connectivity index (χ4n) is 2.45. The lowest BCUT2D eigenvalue weighted by Crippen LogP contribution is -2.15. The maximum Gasteiger partial charge on any atom is 0.163 e. The van der Waals surface area contributed by atoms with Crippen LogP contribution in [0.15, 0.2) is 18.2 Å². The SMILES string of the molecule is CCCNc1cc(COC)nc2cc3c(cc12)OCCO3. The van der Waals surface area contributed by atoms with E-state index in [1.807, 2.05) is 18.2 Å². The highest BCUT2D eigenvalue weighted by Gasteiger charge is 2.15. The molecule has 0 atom stereocenters. The van der Waals surface area contributed by atoms with Gasteiger partial charge in [0.15, 0.2) is 11.5 Å². The van der Waals surface area contributed by atoms with Crippen molar-refractivity contribution in [2.75, 3.05) is 32.2 Å². The molecule has 112 valence electrons. The van der Waals surface area contributed by atoms with Crippen molar-refractivity contribution in [1.29, 1.82) is 0 Å². The molecule has 21 heavy (non-hydrogen) atoms. The number of aromatic nitrogens is 1. The molecule has 1 aliphatic heterocycles. The second kappa shape index (κ2) is 6.18. The lowest BCUT2D eigenvalue weighted by molar-refractivity contribution is 0.172. The second-order valence-corrected chi connectivity index (χ2v) is 5.03. The predicted molar refractivity (Wildman–Crippen MR) is 82.2 cm³/mol. The zero-order chi connectivity index (χ0) is 14.7. The first-order chi connectivity index (χ1) is 10.3. The Kier molecular flexibility index (Phi) is 4.10. The van der Waals surface area contributed by atoms with Gasteiger partial charge in [-0.05, 0) is 18.6 Å². The number of hydrogen-bond acceptors (Lipinski definition) is 5. The smallest absolute Gasteiger partial charge is 0.163 e. The number of ether oxygens (including phenoxy) is 3. The largest absolute Gasteiger partial charge is 0.486 e. The van der Waals surface area contributed by atoms with Crippen molar-refractivity contribution in [3.05, 3.63) is 23.9 Å². The molecule has 0 unspecified atom stereocenters. The molecule has 0 amide bonds. The Labute approximate surface area is 124 Å². The minimum Gasteiger partial charge on any atom is -0.486 e. The molecular weight excluding hydrogens is 268 g/mol. The molecule has 0 saturated carbocycles. The molecule has 5 heteroatoms. The zero-order valence-corrected chi connectivity index (χ0v) is 12.4. The molecule has 0 aliphatic carbocycles. The van der Waals surface area contributed by atoms with E-state index in [0.29, 0.717) is 19.8 Å². The summed E-state index contributed by atoms with van der Waals surface area (Å²) >= 11 is 0. The van der Waals surface area contributed by atoms with E-state index in [1.165, 1.54) is 0 Å². The molecule has 1 aromatic heterocycles. The minimum atomic E-state index is 0.491. The summed E-state index contributed by atoms with van der Waals surface area (Å²) in [5, 5.41) is 4.50. The zero-order valence-electron chi connectivity index (χ0n) is 12.4. The van der Waals surface area contributed by atoms with E-state index >= 15 is 0 Å². The lowest BCUT2D eigenvalue weighted by atomic mass is 10.1. The molecule has 0 radical (unpaired) electrons. The number of hydrogen-bond donors (Lipinski definition) is 1. The van der Waals surface area contributed by atoms with Crippen LogP contribution in [0.2, 0.25) is 0 Å². The van der Waals surface area contributed by atoms with Crippen molar-refractivity contribution < 1.29 is 14.2 Å². The predicted octanol–water partition coefficient (Wildman–Crippen LogP) is 2.97. The van der Waals surface area contributed by atoms with Crippen LogP contribution in [-0.4, -0.2) is 31.9 Å². The average molecular weight is 288 g/mol. The molecule has 1 aromatic carbocycles. The van der Waals surface area contributed by atoms with E-state index in [4.69, 9.17) is 14.2 Å². The number of pyridine rings is 1. The number of nitrogens with one attached hydrogen (secondary N) is 1. The number of nitrogens with zero attached hydrogens (tertiary/aromatic N) is 1. The van der Waals surface area contributed by atoms with Gasteiger partial charge >= 0.3 is 0 Å². The molecule has 2 aromatic rings. The monoisotopic (exact) mass is 288 g/mol. The van der Waals surface area contributed by atoms with E-state index in [1.54, 1.807) is 7.11 Å². The Balaban J connectivity index is 2.10. The Bertz CT molecular complexity index is 643. The highest BCUT2D eigenvalue weighted by Crippen LogP contribution is 2.36. The third-order valence-electron chi connectivity index (χ3n) is 3.38. The molecule has 0 saturated heterocycles. The topological polar surface area (TPSA) is 52.6 Å². The molecular formula is C16H20N2O3. The van der Waals surface area contributed by atoms with Crippen molar-refractivity contribution in [3.8, 4) is 11.5 Å². The standard InChI is InChI=1S/C16H20N2O3/c1-3-4-17-13-7-11(10-19-2)18-14-9-16-15(8-12(13)14)20-5-6-21-16/h7-9H,3-6,10H2,1-2H3,(H,17,18). The fraction of sp³-hybridized carbons (Fsp3) is 0.438. The van der Waals surface area contributed by atoms with Crippen LogP contribution in [0, 0.1) is 0 Å². The summed E-state index contributed by atoms with van der Waals surface area (Å²) in [6, 6.07) is 5.99. The lowest BCUT2D eigenvalue weighted by Gasteiger charge is -2.20. The van der Waals surface area contributed by atoms with E-state index in [0.717, 1.165) is 46.7 Å². The summed E-state index contributed by atoms with van der Waals surface area (Å²) < 4.78 is 16.5. The quantitative estimate of drug-likeness (QED) is 0.916. The van der Waals surface area contributed by atoms with Crippen molar-refractivity contribution >= 4 is 16.6 Å². The first-order valence-corrected chi connectivity index (χ1v) is 7.28. The van der Waals surface area contributed by atoms with Gasteiger partial charge in [0, 0.05) is 30.8 Å². The van der Waals surface area contributed by atoms with E-state index in [2.05, 4.69) is 17.2 Å². The highest BCUT2D eigenvalue weighted by atomic mass is 16.6. The first-order valence-electron chi connectivity index (χ1n) is 7.28. The number of methoxy groups -OCH3 is 1. The number of anilines is 1. The van der Waals surface area contributed by atoms with Crippen molar-refractivity contribution in [1.82, 2.24) is 4.98 Å². The number of fused-ring (bicyclic) bond motifs is 2. The van der Waals surface area contributed by atoms with Gasteiger partial charge in [0.25, 0.3) is 0 Å². The normalized spacial score (nSPS) is 13.4. The van der Waals surface area contributed by atoms with Gasteiger partial charge in [-0.2, -0.15) is 0 Å². The molecule has 2 heterocycles. The van der Waals surface area contributed by atoms with Crippen LogP contribution in [0.3, 0.4) is 0 Å². The van der Waals surface area contributed by atoms with Gasteiger partial charge in [0.2, 0.25) is 0 Å². The molecule has 0 spiro atoms. The fourth-order valence-corrected chi connectivity index (χ4v) is 2.45. The molecule has 0 bridgehead atoms. The maximum atomic E-state index is 5.66. The summed E-state index contributed by atoms with van der Waals surface area (Å²) in [6.07, 6.45) is 1.06. The molecule has 0 fully saturated rings. The third kappa shape index (κ3) is 2.88. The molecule has 1 aliphatic rings. The van der Waals surface area contributed by atoms with Crippen LogP contribution in [0.4, 0.5) is 5.69 Å². The van der Waals surface area contributed by atoms with Crippen LogP contribution in [0.1, 0.15) is 19.0 Å². The summed E-state index contributed by atoms with van der Waals surface area (Å²) in [5.74, 6) is 1.55. The number of rotatable bonds is 5. The van der Waals surface area contributed by atoms with Crippen LogP contribution in [0.5, 0.6) is 11.5 Å². The second-order valence-electron chi connectivity index (χ2n) is 5.03. The third-order valence-corrected chi connectivity index (χ3v) is 3.38. The van der Waals surface area contributed by atoms with Crippen LogP contribution in [0.25, 0.3) is 10.9 Å². The van der Waals surface area contributed by atoms with Gasteiger partial charge < -0.3 is 19.5 Å². The van der Waals surface area contributed by atoms with Crippen molar-refractivity contribution in [3.63, 3.8) is 0 Å². The van der Waals surface area contributed by atoms with Crippen molar-refractivity contribution in [2.45, 2.75) is 20.0 Å². The Morgan fingerprint density at radius 3 is 2.67 bits per heavy atom. The van der Waals surface area contributed by atoms with E-state index in [9.17, 15) is 0 Å². The Hall–Kier alpha value is -2.01. The van der Waals surface area contributed by atoms with Gasteiger partial charge in [0.05, 0.1) is 17.8 Å². The number of benzene rings is 1. The molecule has 1 N–H and O–H groups in total. The van der Waals surface area contributed by atoms with E-state index in [-0.39, 0.29) is 0 Å². The molecule has 3 rings (SSSR count). The van der Waals surface area contributed by atoms with Gasteiger partial charge in [-0.25, -0.2) is 0 Å². The highest BCUT2D eigenvalue weighted by molar-refractivity contribution is 5.94. The first kappa shape index (κ1) is 13.9. The Morgan fingerprint density at radius 1 is 1.19 bits per heavy atom. The Morgan fingerprint density at radius 2 is 1.95 bits per heavy atom. The van der Waals surface area contributed by atoms with Crippen LogP contribution in [-0.2, 0) is 11.3 Å². The van der Waals surface area contributed by atoms with Crippen LogP contribution < -0.4 is 14.8 Å². The van der Waals surface area contributed by atoms with Gasteiger partial charge in [-0.1, -0.05) is 6.92 Å². The average Bonchev–Trinajstić information content (AvgIpc) is 2.51. The summed E-state index contributed by atoms with van der Waals surface area (Å²) in [5.41, 5.74) is 2.86. The van der Waals surface area contributed by atoms with E-state index < -0.39 is 0 Å². The van der Waals surface area contributed by atoms with Gasteiger partial charge in [-0.15, -0.1) is 0 Å². The minimum absolute atomic E-state index is 0.491. The van der Waals surface area contributed by atoms with Crippen LogP contribution >= 0.6 is 0 Å². The summed E-state index contributed by atoms with van der Waals surface area (Å²) in [4.78, 5) is 4.64. The van der Waals surface area contributed by atoms with Gasteiger partial charge in [0.1, 0.15) is 13.2 Å². The summed E-state index contributed by atoms with van der Waals surface area (Å²) in [7, 11) is 1.68. The van der Waals surface area contributed by atoms with Gasteiger partial charge in [-0.3, -0.25) is 4.98 Å². The van der Waals surface area contributed by atoms with Crippen molar-refractivity contribution in [2.24, 2.45) is 0 Å². The molecule has 5 nitrogen and oxygen atoms in total.